The lowest BCUT2D eigenvalue weighted by molar-refractivity contribution is 0.864. The number of nitrogens with zero attached hydrogens (tertiary/aromatic N) is 7. The van der Waals surface area contributed by atoms with Gasteiger partial charge in [-0.3, -0.25) is 0 Å². The molecule has 0 spiro atoms. The highest BCUT2D eigenvalue weighted by molar-refractivity contribution is 5.70. The molecule has 3 aromatic rings. The Balaban J connectivity index is 2.19. The van der Waals surface area contributed by atoms with Crippen LogP contribution < -0.4 is 0 Å². The highest BCUT2D eigenvalue weighted by Crippen LogP contribution is 2.11. The van der Waals surface area contributed by atoms with E-state index in [4.69, 9.17) is 0 Å². The molecule has 0 amide bonds. The van der Waals surface area contributed by atoms with E-state index in [2.05, 4.69) is 35.3 Å². The van der Waals surface area contributed by atoms with E-state index in [1.165, 1.54) is 6.20 Å². The van der Waals surface area contributed by atoms with Crippen molar-refractivity contribution >= 4 is 11.2 Å². The SMILES string of the molecule is c1cc(-c2ncc3nccnc3n2)nnn1. The van der Waals surface area contributed by atoms with E-state index in [-0.39, 0.29) is 0 Å². The second-order valence-electron chi connectivity index (χ2n) is 2.96. The molecule has 0 aliphatic rings. The summed E-state index contributed by atoms with van der Waals surface area (Å²) in [5.74, 6) is 0.461. The molecule has 0 N–H and O–H groups in total. The van der Waals surface area contributed by atoms with Gasteiger partial charge < -0.3 is 0 Å². The third-order valence-electron chi connectivity index (χ3n) is 1.96. The van der Waals surface area contributed by atoms with Gasteiger partial charge in [-0.2, -0.15) is 0 Å². The normalized spacial score (nSPS) is 10.5. The van der Waals surface area contributed by atoms with Gasteiger partial charge in [-0.05, 0) is 11.3 Å². The van der Waals surface area contributed by atoms with Crippen molar-refractivity contribution < 1.29 is 0 Å². The summed E-state index contributed by atoms with van der Waals surface area (Å²) in [6, 6.07) is 1.69. The van der Waals surface area contributed by atoms with Crippen LogP contribution in [0.2, 0.25) is 0 Å². The summed E-state index contributed by atoms with van der Waals surface area (Å²) in [6.45, 7) is 0. The molecule has 7 heteroatoms. The summed E-state index contributed by atoms with van der Waals surface area (Å²) in [5.41, 5.74) is 1.74. The average Bonchev–Trinajstić information content (AvgIpc) is 2.39. The largest absolute Gasteiger partial charge is 0.250 e. The van der Waals surface area contributed by atoms with Crippen LogP contribution in [-0.4, -0.2) is 35.3 Å². The average molecular weight is 211 g/mol. The zero-order chi connectivity index (χ0) is 10.8. The van der Waals surface area contributed by atoms with E-state index in [0.717, 1.165) is 0 Å². The predicted octanol–water partition coefficient (Wildman–Crippen LogP) is 0.272. The van der Waals surface area contributed by atoms with Crippen LogP contribution in [0.25, 0.3) is 22.7 Å². The van der Waals surface area contributed by atoms with Gasteiger partial charge in [0.15, 0.2) is 11.5 Å². The first-order chi connectivity index (χ1) is 7.93. The number of fused-ring (bicyclic) bond motifs is 1. The minimum atomic E-state index is 0.461. The summed E-state index contributed by atoms with van der Waals surface area (Å²) >= 11 is 0. The summed E-state index contributed by atoms with van der Waals surface area (Å²) < 4.78 is 0. The van der Waals surface area contributed by atoms with E-state index in [1.807, 2.05) is 0 Å². The van der Waals surface area contributed by atoms with Gasteiger partial charge >= 0.3 is 0 Å². The van der Waals surface area contributed by atoms with Gasteiger partial charge in [0.25, 0.3) is 0 Å². The molecule has 3 rings (SSSR count). The Labute approximate surface area is 89.6 Å². The van der Waals surface area contributed by atoms with Crippen molar-refractivity contribution in [1.29, 1.82) is 0 Å². The molecule has 0 atom stereocenters. The Morgan fingerprint density at radius 3 is 2.75 bits per heavy atom. The first kappa shape index (κ1) is 8.72. The van der Waals surface area contributed by atoms with Crippen molar-refractivity contribution in [3.8, 4) is 11.5 Å². The third kappa shape index (κ3) is 1.44. The predicted molar refractivity (Wildman–Crippen MR) is 53.9 cm³/mol. The fourth-order valence-electron chi connectivity index (χ4n) is 1.25. The monoisotopic (exact) mass is 211 g/mol. The number of hydrogen-bond donors (Lipinski definition) is 0. The van der Waals surface area contributed by atoms with Crippen molar-refractivity contribution in [3.05, 3.63) is 30.9 Å². The Kier molecular flexibility index (Phi) is 1.93. The summed E-state index contributed by atoms with van der Waals surface area (Å²) in [6.07, 6.45) is 6.31. The Hall–Kier alpha value is -2.57. The molecule has 0 aliphatic heterocycles. The smallest absolute Gasteiger partial charge is 0.182 e. The molecular weight excluding hydrogens is 206 g/mol. The highest BCUT2D eigenvalue weighted by atomic mass is 15.3. The number of aromatic nitrogens is 7. The Bertz CT molecular complexity index is 625. The molecule has 3 aromatic heterocycles. The topological polar surface area (TPSA) is 90.2 Å². The molecule has 0 aromatic carbocycles. The number of rotatable bonds is 1. The lowest BCUT2D eigenvalue weighted by Crippen LogP contribution is -1.96. The molecular formula is C9H5N7. The second kappa shape index (κ2) is 3.54. The van der Waals surface area contributed by atoms with Gasteiger partial charge in [-0.1, -0.05) is 0 Å². The van der Waals surface area contributed by atoms with Crippen LogP contribution in [0.1, 0.15) is 0 Å². The fraction of sp³-hybridized carbons (Fsp3) is 0. The highest BCUT2D eigenvalue weighted by Gasteiger charge is 2.05. The van der Waals surface area contributed by atoms with Crippen LogP contribution in [0.15, 0.2) is 30.9 Å². The quantitative estimate of drug-likeness (QED) is 0.570. The van der Waals surface area contributed by atoms with Crippen molar-refractivity contribution in [2.75, 3.05) is 0 Å². The van der Waals surface area contributed by atoms with Crippen LogP contribution in [0, 0.1) is 0 Å². The van der Waals surface area contributed by atoms with Gasteiger partial charge in [0.05, 0.1) is 12.4 Å². The molecule has 0 saturated heterocycles. The molecule has 3 heterocycles. The van der Waals surface area contributed by atoms with Crippen molar-refractivity contribution in [2.24, 2.45) is 0 Å². The molecule has 0 radical (unpaired) electrons. The van der Waals surface area contributed by atoms with Crippen LogP contribution in [0.3, 0.4) is 0 Å². The number of hydrogen-bond acceptors (Lipinski definition) is 7. The minimum Gasteiger partial charge on any atom is -0.250 e. The van der Waals surface area contributed by atoms with Gasteiger partial charge in [-0.15, -0.1) is 10.2 Å². The molecule has 76 valence electrons. The molecule has 0 fully saturated rings. The van der Waals surface area contributed by atoms with Gasteiger partial charge in [-0.25, -0.2) is 19.9 Å². The summed E-state index contributed by atoms with van der Waals surface area (Å²) in [5, 5.41) is 10.9. The fourth-order valence-corrected chi connectivity index (χ4v) is 1.25. The lowest BCUT2D eigenvalue weighted by atomic mass is 10.4. The third-order valence-corrected chi connectivity index (χ3v) is 1.96. The van der Waals surface area contributed by atoms with E-state index < -0.39 is 0 Å². The molecule has 0 unspecified atom stereocenters. The standard InChI is InChI=1S/C9H5N7/c1-2-13-16-15-6(1)8-12-5-7-9(14-8)11-4-3-10-7/h1-5H. The van der Waals surface area contributed by atoms with Gasteiger partial charge in [0.1, 0.15) is 11.2 Å². The van der Waals surface area contributed by atoms with Crippen molar-refractivity contribution in [2.45, 2.75) is 0 Å². The molecule has 16 heavy (non-hydrogen) atoms. The molecule has 7 nitrogen and oxygen atoms in total. The van der Waals surface area contributed by atoms with Gasteiger partial charge in [0, 0.05) is 12.4 Å². The van der Waals surface area contributed by atoms with Crippen molar-refractivity contribution in [1.82, 2.24) is 35.3 Å². The van der Waals surface area contributed by atoms with Crippen LogP contribution in [0.4, 0.5) is 0 Å². The van der Waals surface area contributed by atoms with E-state index >= 15 is 0 Å². The van der Waals surface area contributed by atoms with E-state index in [0.29, 0.717) is 22.7 Å². The van der Waals surface area contributed by atoms with Crippen LogP contribution in [-0.2, 0) is 0 Å². The molecule has 0 saturated carbocycles. The first-order valence-electron chi connectivity index (χ1n) is 4.52. The van der Waals surface area contributed by atoms with E-state index in [9.17, 15) is 0 Å². The minimum absolute atomic E-state index is 0.461. The van der Waals surface area contributed by atoms with Crippen molar-refractivity contribution in [3.63, 3.8) is 0 Å². The Morgan fingerprint density at radius 2 is 1.88 bits per heavy atom. The van der Waals surface area contributed by atoms with E-state index in [1.54, 1.807) is 24.7 Å². The maximum atomic E-state index is 4.23. The molecule has 0 bridgehead atoms. The maximum Gasteiger partial charge on any atom is 0.182 e. The second-order valence-corrected chi connectivity index (χ2v) is 2.96. The zero-order valence-corrected chi connectivity index (χ0v) is 8.02. The Morgan fingerprint density at radius 1 is 0.938 bits per heavy atom. The summed E-state index contributed by atoms with van der Waals surface area (Å²) in [4.78, 5) is 16.5. The van der Waals surface area contributed by atoms with Crippen LogP contribution >= 0.6 is 0 Å². The molecule has 0 aliphatic carbocycles. The van der Waals surface area contributed by atoms with Crippen LogP contribution in [0.5, 0.6) is 0 Å². The lowest BCUT2D eigenvalue weighted by Gasteiger charge is -1.98. The maximum absolute atomic E-state index is 4.23. The first-order valence-corrected chi connectivity index (χ1v) is 4.52. The summed E-state index contributed by atoms with van der Waals surface area (Å²) in [7, 11) is 0. The zero-order valence-electron chi connectivity index (χ0n) is 8.02. The van der Waals surface area contributed by atoms with Gasteiger partial charge in [0.2, 0.25) is 0 Å².